The summed E-state index contributed by atoms with van der Waals surface area (Å²) in [5.74, 6) is -0.0332. The molecule has 0 aromatic heterocycles. The van der Waals surface area contributed by atoms with Gasteiger partial charge in [-0.1, -0.05) is 17.7 Å². The van der Waals surface area contributed by atoms with Crippen molar-refractivity contribution in [3.05, 3.63) is 45.7 Å². The van der Waals surface area contributed by atoms with Crippen LogP contribution in [-0.2, 0) is 9.53 Å². The summed E-state index contributed by atoms with van der Waals surface area (Å²) in [7, 11) is 1.48. The van der Waals surface area contributed by atoms with Gasteiger partial charge in [0.15, 0.2) is 5.78 Å². The van der Waals surface area contributed by atoms with Gasteiger partial charge in [0.05, 0.1) is 12.1 Å². The molecule has 0 spiro atoms. The lowest BCUT2D eigenvalue weighted by molar-refractivity contribution is -0.116. The van der Waals surface area contributed by atoms with E-state index < -0.39 is 0 Å². The number of halogens is 1. The van der Waals surface area contributed by atoms with Gasteiger partial charge >= 0.3 is 0 Å². The molecule has 4 heteroatoms. The van der Waals surface area contributed by atoms with E-state index in [1.165, 1.54) is 7.11 Å². The van der Waals surface area contributed by atoms with Gasteiger partial charge in [0, 0.05) is 18.4 Å². The van der Waals surface area contributed by atoms with Crippen LogP contribution in [0, 0.1) is 6.92 Å². The number of ketones is 2. The van der Waals surface area contributed by atoms with Crippen LogP contribution in [0.25, 0.3) is 0 Å². The van der Waals surface area contributed by atoms with Gasteiger partial charge in [0.25, 0.3) is 0 Å². The Kier molecular flexibility index (Phi) is 4.05. The molecular weight excluding hydrogens is 264 g/mol. The first-order chi connectivity index (χ1) is 9.04. The van der Waals surface area contributed by atoms with Crippen LogP contribution in [0.2, 0.25) is 5.02 Å². The summed E-state index contributed by atoms with van der Waals surface area (Å²) in [6, 6.07) is 5.18. The fourth-order valence-corrected chi connectivity index (χ4v) is 2.53. The number of allylic oxidation sites excluding steroid dienone is 2. The fraction of sp³-hybridized carbons (Fsp3) is 0.333. The molecule has 1 aliphatic carbocycles. The summed E-state index contributed by atoms with van der Waals surface area (Å²) >= 11 is 6.09. The van der Waals surface area contributed by atoms with Gasteiger partial charge in [-0.15, -0.1) is 0 Å². The van der Waals surface area contributed by atoms with E-state index in [4.69, 9.17) is 16.3 Å². The highest BCUT2D eigenvalue weighted by Gasteiger charge is 2.29. The summed E-state index contributed by atoms with van der Waals surface area (Å²) in [4.78, 5) is 24.4. The van der Waals surface area contributed by atoms with Crippen LogP contribution < -0.4 is 0 Å². The number of methoxy groups -OCH3 is 1. The summed E-state index contributed by atoms with van der Waals surface area (Å²) in [5.41, 5.74) is 1.48. The second kappa shape index (κ2) is 5.57. The van der Waals surface area contributed by atoms with Gasteiger partial charge in [-0.2, -0.15) is 0 Å². The molecule has 0 N–H and O–H groups in total. The second-order valence-corrected chi connectivity index (χ2v) is 5.00. The molecular formula is C15H15ClO3. The van der Waals surface area contributed by atoms with Crippen molar-refractivity contribution in [1.82, 2.24) is 0 Å². The minimum Gasteiger partial charge on any atom is -0.500 e. The van der Waals surface area contributed by atoms with E-state index in [0.29, 0.717) is 29.2 Å². The zero-order chi connectivity index (χ0) is 14.0. The van der Waals surface area contributed by atoms with Gasteiger partial charge in [-0.3, -0.25) is 9.59 Å². The number of carbonyl (C=O) groups is 2. The Bertz CT molecular complexity index is 573. The van der Waals surface area contributed by atoms with Gasteiger partial charge in [0.2, 0.25) is 5.78 Å². The average molecular weight is 279 g/mol. The number of carbonyl (C=O) groups excluding carboxylic acids is 2. The largest absolute Gasteiger partial charge is 0.500 e. The normalized spacial score (nSPS) is 15.6. The van der Waals surface area contributed by atoms with Crippen molar-refractivity contribution in [2.45, 2.75) is 26.2 Å². The molecule has 0 aliphatic heterocycles. The Labute approximate surface area is 117 Å². The predicted molar refractivity (Wildman–Crippen MR) is 73.4 cm³/mol. The maximum Gasteiger partial charge on any atom is 0.201 e. The van der Waals surface area contributed by atoms with Gasteiger partial charge < -0.3 is 4.74 Å². The molecule has 0 unspecified atom stereocenters. The Morgan fingerprint density at radius 3 is 2.68 bits per heavy atom. The van der Waals surface area contributed by atoms with Crippen LogP contribution in [-0.4, -0.2) is 18.7 Å². The Hall–Kier alpha value is -1.61. The highest BCUT2D eigenvalue weighted by molar-refractivity contribution is 6.37. The smallest absolute Gasteiger partial charge is 0.201 e. The van der Waals surface area contributed by atoms with Crippen molar-refractivity contribution >= 4 is 23.2 Å². The molecule has 19 heavy (non-hydrogen) atoms. The maximum absolute atomic E-state index is 12.5. The van der Waals surface area contributed by atoms with Crippen molar-refractivity contribution in [3.8, 4) is 0 Å². The highest BCUT2D eigenvalue weighted by atomic mass is 35.5. The average Bonchev–Trinajstić information content (AvgIpc) is 2.37. The third kappa shape index (κ3) is 2.71. The van der Waals surface area contributed by atoms with Crippen LogP contribution >= 0.6 is 11.6 Å². The maximum atomic E-state index is 12.5. The molecule has 2 rings (SSSR count). The molecule has 0 saturated heterocycles. The topological polar surface area (TPSA) is 43.4 Å². The zero-order valence-corrected chi connectivity index (χ0v) is 11.7. The molecule has 0 radical (unpaired) electrons. The molecule has 1 aromatic rings. The number of aryl methyl sites for hydroxylation is 1. The minimum absolute atomic E-state index is 0.152. The summed E-state index contributed by atoms with van der Waals surface area (Å²) in [5, 5.41) is 0.367. The van der Waals surface area contributed by atoms with E-state index >= 15 is 0 Å². The van der Waals surface area contributed by atoms with Crippen molar-refractivity contribution in [1.29, 1.82) is 0 Å². The van der Waals surface area contributed by atoms with Gasteiger partial charge in [-0.25, -0.2) is 0 Å². The zero-order valence-electron chi connectivity index (χ0n) is 11.0. The number of rotatable bonds is 3. The number of hydrogen-bond donors (Lipinski definition) is 0. The predicted octanol–water partition coefficient (Wildman–Crippen LogP) is 3.48. The first-order valence-electron chi connectivity index (χ1n) is 6.15. The first kappa shape index (κ1) is 13.8. The van der Waals surface area contributed by atoms with E-state index in [9.17, 15) is 9.59 Å². The number of benzene rings is 1. The minimum atomic E-state index is -0.341. The molecule has 100 valence electrons. The molecule has 1 aliphatic rings. The van der Waals surface area contributed by atoms with E-state index in [-0.39, 0.29) is 17.1 Å². The highest BCUT2D eigenvalue weighted by Crippen LogP contribution is 2.28. The van der Waals surface area contributed by atoms with Crippen molar-refractivity contribution < 1.29 is 14.3 Å². The Balaban J connectivity index is 2.47. The van der Waals surface area contributed by atoms with Crippen LogP contribution in [0.5, 0.6) is 0 Å². The Morgan fingerprint density at radius 2 is 2.05 bits per heavy atom. The third-order valence-electron chi connectivity index (χ3n) is 3.21. The molecule has 0 bridgehead atoms. The third-order valence-corrected chi connectivity index (χ3v) is 3.52. The molecule has 0 fully saturated rings. The van der Waals surface area contributed by atoms with Crippen LogP contribution in [0.4, 0.5) is 0 Å². The van der Waals surface area contributed by atoms with Crippen LogP contribution in [0.15, 0.2) is 29.5 Å². The standard InChI is InChI=1S/C15H15ClO3/c1-9-6-7-10(11(16)8-9)15(18)14-12(17)4-3-5-13(14)19-2/h6-8H,3-5H2,1-2H3. The van der Waals surface area contributed by atoms with E-state index in [1.54, 1.807) is 18.2 Å². The molecule has 1 aromatic carbocycles. The lowest BCUT2D eigenvalue weighted by atomic mass is 9.90. The summed E-state index contributed by atoms with van der Waals surface area (Å²) < 4.78 is 5.18. The number of hydrogen-bond acceptors (Lipinski definition) is 3. The van der Waals surface area contributed by atoms with E-state index in [0.717, 1.165) is 12.0 Å². The van der Waals surface area contributed by atoms with Crippen LogP contribution in [0.1, 0.15) is 35.2 Å². The number of Topliss-reactive ketones (excluding diaryl/α,β-unsaturated/α-hetero) is 2. The van der Waals surface area contributed by atoms with Gasteiger partial charge in [0.1, 0.15) is 11.3 Å². The number of ether oxygens (including phenoxy) is 1. The lowest BCUT2D eigenvalue weighted by Crippen LogP contribution is -2.20. The summed E-state index contributed by atoms with van der Waals surface area (Å²) in [6.45, 7) is 1.89. The molecule has 0 atom stereocenters. The fourth-order valence-electron chi connectivity index (χ4n) is 2.21. The molecule has 3 nitrogen and oxygen atoms in total. The Morgan fingerprint density at radius 1 is 1.32 bits per heavy atom. The van der Waals surface area contributed by atoms with Crippen molar-refractivity contribution in [3.63, 3.8) is 0 Å². The van der Waals surface area contributed by atoms with E-state index in [2.05, 4.69) is 0 Å². The lowest BCUT2D eigenvalue weighted by Gasteiger charge is -2.17. The van der Waals surface area contributed by atoms with E-state index in [1.807, 2.05) is 6.92 Å². The molecule has 0 saturated carbocycles. The quantitative estimate of drug-likeness (QED) is 0.628. The van der Waals surface area contributed by atoms with Crippen molar-refractivity contribution in [2.24, 2.45) is 0 Å². The van der Waals surface area contributed by atoms with Gasteiger partial charge in [-0.05, 0) is 31.0 Å². The SMILES string of the molecule is COC1=C(C(=O)c2ccc(C)cc2Cl)C(=O)CCC1. The monoisotopic (exact) mass is 278 g/mol. The first-order valence-corrected chi connectivity index (χ1v) is 6.53. The van der Waals surface area contributed by atoms with Crippen molar-refractivity contribution in [2.75, 3.05) is 7.11 Å². The summed E-state index contributed by atoms with van der Waals surface area (Å²) in [6.07, 6.45) is 1.73. The molecule has 0 heterocycles. The van der Waals surface area contributed by atoms with Crippen LogP contribution in [0.3, 0.4) is 0 Å². The second-order valence-electron chi connectivity index (χ2n) is 4.59. The molecule has 0 amide bonds.